The molecule has 0 bridgehead atoms. The van der Waals surface area contributed by atoms with Gasteiger partial charge in [0.15, 0.2) is 5.75 Å². The van der Waals surface area contributed by atoms with Crippen molar-refractivity contribution in [2.45, 2.75) is 141 Å². The first-order valence-corrected chi connectivity index (χ1v) is 24.4. The van der Waals surface area contributed by atoms with E-state index in [1.54, 1.807) is 54.0 Å². The monoisotopic (exact) mass is 931 g/mol. The Morgan fingerprint density at radius 3 is 2.30 bits per heavy atom. The van der Waals surface area contributed by atoms with Crippen molar-refractivity contribution in [3.63, 3.8) is 0 Å². The van der Waals surface area contributed by atoms with E-state index in [0.29, 0.717) is 65.0 Å². The van der Waals surface area contributed by atoms with E-state index in [4.69, 9.17) is 28.7 Å². The quantitative estimate of drug-likeness (QED) is 0.170. The summed E-state index contributed by atoms with van der Waals surface area (Å²) in [5.74, 6) is -0.851. The number of fused-ring (bicyclic) bond motifs is 3. The van der Waals surface area contributed by atoms with Crippen LogP contribution < -0.4 is 34.3 Å². The summed E-state index contributed by atoms with van der Waals surface area (Å²) >= 11 is 0. The number of pyridine rings is 1. The minimum absolute atomic E-state index is 0.0290. The van der Waals surface area contributed by atoms with E-state index in [0.717, 1.165) is 6.42 Å². The number of amides is 4. The fourth-order valence-corrected chi connectivity index (χ4v) is 10.3. The van der Waals surface area contributed by atoms with Crippen LogP contribution in [-0.2, 0) is 29.1 Å². The van der Waals surface area contributed by atoms with Crippen molar-refractivity contribution >= 4 is 44.6 Å². The van der Waals surface area contributed by atoms with Crippen LogP contribution in [0.2, 0.25) is 0 Å². The highest BCUT2D eigenvalue weighted by molar-refractivity contribution is 7.91. The maximum Gasteiger partial charge on any atom is 0.408 e. The van der Waals surface area contributed by atoms with Gasteiger partial charge in [0.2, 0.25) is 27.7 Å². The Bertz CT molecular complexity index is 2480. The van der Waals surface area contributed by atoms with Crippen molar-refractivity contribution in [3.05, 3.63) is 54.6 Å². The zero-order chi connectivity index (χ0) is 47.9. The molecule has 0 spiro atoms. The first kappa shape index (κ1) is 48.4. The molecule has 1 aromatic heterocycles. The van der Waals surface area contributed by atoms with Crippen molar-refractivity contribution < 1.29 is 51.3 Å². The van der Waals surface area contributed by atoms with Crippen molar-refractivity contribution in [2.75, 3.05) is 20.8 Å². The van der Waals surface area contributed by atoms with E-state index in [1.165, 1.54) is 4.90 Å². The zero-order valence-corrected chi connectivity index (χ0v) is 40.5. The summed E-state index contributed by atoms with van der Waals surface area (Å²) in [5.41, 5.74) is -1.26. The number of nitrogens with zero attached hydrogens (tertiary/aromatic N) is 2. The van der Waals surface area contributed by atoms with Crippen LogP contribution in [0.4, 0.5) is 4.79 Å². The smallest absolute Gasteiger partial charge is 0.408 e. The molecule has 0 radical (unpaired) electrons. The molecule has 358 valence electrons. The highest BCUT2D eigenvalue weighted by Gasteiger charge is 2.63. The molecule has 66 heavy (non-hydrogen) atoms. The molecule has 4 aliphatic rings. The van der Waals surface area contributed by atoms with Gasteiger partial charge < -0.3 is 39.2 Å². The summed E-state index contributed by atoms with van der Waals surface area (Å²) in [6.07, 6.45) is 5.13. The number of methoxy groups -OCH3 is 2. The second-order valence-electron chi connectivity index (χ2n) is 20.0. The summed E-state index contributed by atoms with van der Waals surface area (Å²) in [4.78, 5) is 64.0. The average Bonchev–Trinajstić information content (AvgIpc) is 4.13. The third-order valence-electron chi connectivity index (χ3n) is 13.0. The Balaban J connectivity index is 1.28. The lowest BCUT2D eigenvalue weighted by molar-refractivity contribution is -0.142. The lowest BCUT2D eigenvalue weighted by Gasteiger charge is -2.33. The number of benzene rings is 2. The molecule has 3 N–H and O–H groups in total. The molecule has 2 aromatic carbocycles. The Morgan fingerprint density at radius 1 is 0.970 bits per heavy atom. The average molecular weight is 932 g/mol. The number of sulfonamides is 1. The van der Waals surface area contributed by atoms with Crippen molar-refractivity contribution in [2.24, 2.45) is 17.8 Å². The first-order chi connectivity index (χ1) is 31.1. The number of aromatic nitrogens is 1. The van der Waals surface area contributed by atoms with Gasteiger partial charge in [-0.05, 0) is 134 Å². The van der Waals surface area contributed by atoms with Crippen LogP contribution in [0.5, 0.6) is 23.1 Å². The van der Waals surface area contributed by atoms with Crippen LogP contribution in [0.1, 0.15) is 100 Å². The molecule has 7 rings (SSSR count). The number of nitrogens with one attached hydrogen (secondary N) is 3. The molecule has 3 aromatic rings. The molecule has 17 heteroatoms. The normalized spacial score (nSPS) is 27.0. The molecule has 16 nitrogen and oxygen atoms in total. The number of alkyl carbamates (subject to hydrolysis) is 1. The van der Waals surface area contributed by atoms with Gasteiger partial charge >= 0.3 is 6.09 Å². The van der Waals surface area contributed by atoms with E-state index in [9.17, 15) is 22.8 Å². The number of carbonyl (C=O) groups is 4. The van der Waals surface area contributed by atoms with Crippen LogP contribution in [0, 0.1) is 17.8 Å². The fraction of sp³-hybridized carbons (Fsp3) is 0.571. The van der Waals surface area contributed by atoms with E-state index < -0.39 is 73.8 Å². The second-order valence-corrected chi connectivity index (χ2v) is 22.2. The molecule has 0 unspecified atom stereocenters. The van der Waals surface area contributed by atoms with E-state index >= 15 is 4.79 Å². The van der Waals surface area contributed by atoms with Gasteiger partial charge in [0.1, 0.15) is 46.5 Å². The third-order valence-corrected chi connectivity index (χ3v) is 15.2. The van der Waals surface area contributed by atoms with Gasteiger partial charge in [-0.25, -0.2) is 18.2 Å². The van der Waals surface area contributed by atoms with Gasteiger partial charge in [-0.1, -0.05) is 26.0 Å². The second kappa shape index (κ2) is 18.6. The topological polar surface area (TPSA) is 201 Å². The summed E-state index contributed by atoms with van der Waals surface area (Å²) in [6.45, 7) is 14.5. The highest BCUT2D eigenvalue weighted by Crippen LogP contribution is 2.48. The van der Waals surface area contributed by atoms with Crippen molar-refractivity contribution in [1.82, 2.24) is 25.2 Å². The SMILES string of the molecule is COc1ccc2c(O[C@@H]3C[C@H]4C(=O)N[C@]5(C(=O)NS(=O)(=O)C6(C)CC6)C[C@H]5/C=C\CC[C@@H](C)C[C@@H](C)[C@H](NC(=O)OC(C)(C)C)C(=O)N4C3)nc(-c3ccc(OC(C)C)cc3)c(OC)c2c1. The molecule has 2 aliphatic heterocycles. The minimum Gasteiger partial charge on any atom is -0.497 e. The fourth-order valence-electron chi connectivity index (χ4n) is 9.01. The van der Waals surface area contributed by atoms with Gasteiger partial charge in [-0.15, -0.1) is 0 Å². The van der Waals surface area contributed by atoms with E-state index in [-0.39, 0.29) is 43.2 Å². The third kappa shape index (κ3) is 10.3. The zero-order valence-electron chi connectivity index (χ0n) is 39.7. The summed E-state index contributed by atoms with van der Waals surface area (Å²) in [6, 6.07) is 10.5. The number of ether oxygens (including phenoxy) is 5. The van der Waals surface area contributed by atoms with E-state index in [1.807, 2.05) is 63.3 Å². The molecule has 2 saturated carbocycles. The largest absolute Gasteiger partial charge is 0.497 e. The molecule has 3 heterocycles. The molecule has 3 fully saturated rings. The lowest BCUT2D eigenvalue weighted by Crippen LogP contribution is -2.59. The maximum absolute atomic E-state index is 15.1. The summed E-state index contributed by atoms with van der Waals surface area (Å²) < 4.78 is 57.9. The Morgan fingerprint density at radius 2 is 1.67 bits per heavy atom. The van der Waals surface area contributed by atoms with Gasteiger partial charge in [-0.3, -0.25) is 19.1 Å². The predicted molar refractivity (Wildman–Crippen MR) is 249 cm³/mol. The lowest BCUT2D eigenvalue weighted by atomic mass is 9.88. The van der Waals surface area contributed by atoms with E-state index in [2.05, 4.69) is 22.3 Å². The van der Waals surface area contributed by atoms with Crippen LogP contribution >= 0.6 is 0 Å². The van der Waals surface area contributed by atoms with Crippen LogP contribution in [0.15, 0.2) is 54.6 Å². The van der Waals surface area contributed by atoms with Gasteiger partial charge in [0, 0.05) is 28.7 Å². The number of hydrogen-bond donors (Lipinski definition) is 3. The van der Waals surface area contributed by atoms with Crippen molar-refractivity contribution in [3.8, 4) is 34.4 Å². The summed E-state index contributed by atoms with van der Waals surface area (Å²) in [5, 5.41) is 6.99. The Kier molecular flexibility index (Phi) is 13.6. The van der Waals surface area contributed by atoms with Crippen LogP contribution in [-0.4, -0.2) is 103 Å². The number of rotatable bonds is 11. The van der Waals surface area contributed by atoms with Gasteiger partial charge in [0.25, 0.3) is 5.91 Å². The number of allylic oxidation sites excluding steroid dienone is 1. The minimum atomic E-state index is -4.04. The van der Waals surface area contributed by atoms with Crippen molar-refractivity contribution in [1.29, 1.82) is 0 Å². The predicted octanol–water partition coefficient (Wildman–Crippen LogP) is 6.83. The maximum atomic E-state index is 15.1. The number of hydrogen-bond acceptors (Lipinski definition) is 12. The Hall–Kier alpha value is -5.58. The molecule has 4 amide bonds. The molecular weight excluding hydrogens is 867 g/mol. The van der Waals surface area contributed by atoms with Crippen LogP contribution in [0.3, 0.4) is 0 Å². The van der Waals surface area contributed by atoms with Gasteiger partial charge in [-0.2, -0.15) is 0 Å². The first-order valence-electron chi connectivity index (χ1n) is 22.9. The molecule has 2 aliphatic carbocycles. The van der Waals surface area contributed by atoms with Crippen LogP contribution in [0.25, 0.3) is 22.0 Å². The molecule has 1 saturated heterocycles. The molecule has 7 atom stereocenters. The van der Waals surface area contributed by atoms with Gasteiger partial charge in [0.05, 0.1) is 31.6 Å². The highest BCUT2D eigenvalue weighted by atomic mass is 32.2. The number of carbonyl (C=O) groups excluding carboxylic acids is 4. The summed E-state index contributed by atoms with van der Waals surface area (Å²) in [7, 11) is -0.924. The standard InChI is InChI=1S/C49H65N5O11S/c1-28(2)63-33-17-15-31(16-18-33)40-41(62-10)37-24-34(61-9)19-20-36(37)43(50-40)64-35-25-38-42(55)52-49(45(57)53-66(59,60)48(8)21-22-48)26-32(49)14-12-11-13-29(3)23-30(4)39(44(56)54(38)27-35)51-46(58)65-47(5,6)7/h12,14-20,24,28-30,32,35,38-39H,11,13,21-23,25-27H2,1-10H3,(H,51,58)(H,52,55)(H,53,57)/b14-12-/t29-,30-,32-,35-,38+,39+,49-/m1/s1. The molecular formula is C49H65N5O11S. The Labute approximate surface area is 387 Å².